The molecule has 27 heavy (non-hydrogen) atoms. The van der Waals surface area contributed by atoms with E-state index in [1.165, 1.54) is 6.07 Å². The van der Waals surface area contributed by atoms with Gasteiger partial charge in [-0.25, -0.2) is 4.39 Å². The third-order valence-corrected chi connectivity index (χ3v) is 6.46. The summed E-state index contributed by atoms with van der Waals surface area (Å²) < 4.78 is 16.2. The van der Waals surface area contributed by atoms with Crippen molar-refractivity contribution in [1.82, 2.24) is 9.78 Å². The van der Waals surface area contributed by atoms with Gasteiger partial charge >= 0.3 is 0 Å². The van der Waals surface area contributed by atoms with Crippen LogP contribution in [0.15, 0.2) is 35.9 Å². The molecule has 2 aliphatic carbocycles. The number of aromatic nitrogens is 2. The third kappa shape index (κ3) is 2.26. The van der Waals surface area contributed by atoms with E-state index < -0.39 is 10.8 Å². The molecule has 0 aliphatic heterocycles. The van der Waals surface area contributed by atoms with Crippen molar-refractivity contribution >= 4 is 5.78 Å². The Morgan fingerprint density at radius 2 is 2.00 bits per heavy atom. The van der Waals surface area contributed by atoms with Gasteiger partial charge in [-0.05, 0) is 30.9 Å². The van der Waals surface area contributed by atoms with Gasteiger partial charge in [-0.1, -0.05) is 39.0 Å². The predicted molar refractivity (Wildman–Crippen MR) is 100 cm³/mol. The van der Waals surface area contributed by atoms with Crippen LogP contribution >= 0.6 is 0 Å². The van der Waals surface area contributed by atoms with Crippen molar-refractivity contribution < 1.29 is 9.18 Å². The van der Waals surface area contributed by atoms with E-state index >= 15 is 0 Å². The zero-order valence-corrected chi connectivity index (χ0v) is 16.0. The molecule has 0 radical (unpaired) electrons. The number of ketones is 1. The van der Waals surface area contributed by atoms with Crippen molar-refractivity contribution in [3.8, 4) is 17.3 Å². The molecule has 4 nitrogen and oxygen atoms in total. The minimum absolute atomic E-state index is 0.0467. The van der Waals surface area contributed by atoms with Crippen molar-refractivity contribution in [2.75, 3.05) is 0 Å². The van der Waals surface area contributed by atoms with Crippen molar-refractivity contribution in [1.29, 1.82) is 5.26 Å². The van der Waals surface area contributed by atoms with Crippen LogP contribution in [0.4, 0.5) is 4.39 Å². The number of Topliss-reactive ketones (excluding diaryl/α,β-unsaturated/α-hetero) is 1. The molecular formula is C22H22FN3O. The molecule has 4 rings (SSSR count). The second kappa shape index (κ2) is 5.63. The monoisotopic (exact) mass is 363 g/mol. The lowest BCUT2D eigenvalue weighted by molar-refractivity contribution is -0.128. The molecule has 0 spiro atoms. The molecule has 0 fully saturated rings. The molecule has 138 valence electrons. The number of allylic oxidation sites excluding steroid dienone is 2. The van der Waals surface area contributed by atoms with Crippen LogP contribution in [-0.4, -0.2) is 15.6 Å². The van der Waals surface area contributed by atoms with Gasteiger partial charge in [0.1, 0.15) is 11.9 Å². The molecule has 1 aromatic carbocycles. The van der Waals surface area contributed by atoms with E-state index in [1.807, 2.05) is 27.0 Å². The summed E-state index contributed by atoms with van der Waals surface area (Å²) in [7, 11) is 1.83. The van der Waals surface area contributed by atoms with Crippen LogP contribution < -0.4 is 0 Å². The second-order valence-electron chi connectivity index (χ2n) is 8.37. The Bertz CT molecular complexity index is 1040. The van der Waals surface area contributed by atoms with Crippen molar-refractivity contribution in [2.45, 2.75) is 39.0 Å². The topological polar surface area (TPSA) is 58.7 Å². The first-order valence-electron chi connectivity index (χ1n) is 9.20. The fraction of sp³-hybridized carbons (Fsp3) is 0.409. The van der Waals surface area contributed by atoms with Crippen molar-refractivity contribution in [3.05, 3.63) is 53.0 Å². The summed E-state index contributed by atoms with van der Waals surface area (Å²) in [5.41, 5.74) is 2.22. The molecule has 2 aromatic rings. The summed E-state index contributed by atoms with van der Waals surface area (Å²) in [6.45, 7) is 5.90. The molecule has 2 aliphatic rings. The summed E-state index contributed by atoms with van der Waals surface area (Å²) in [6.07, 6.45) is 3.32. The summed E-state index contributed by atoms with van der Waals surface area (Å²) in [4.78, 5) is 12.8. The Labute approximate surface area is 158 Å². The van der Waals surface area contributed by atoms with Gasteiger partial charge in [-0.3, -0.25) is 9.48 Å². The summed E-state index contributed by atoms with van der Waals surface area (Å²) >= 11 is 0. The van der Waals surface area contributed by atoms with E-state index in [-0.39, 0.29) is 23.1 Å². The van der Waals surface area contributed by atoms with E-state index in [4.69, 9.17) is 5.10 Å². The largest absolute Gasteiger partial charge is 0.293 e. The number of halogens is 1. The molecule has 0 bridgehead atoms. The lowest BCUT2D eigenvalue weighted by Gasteiger charge is -2.49. The van der Waals surface area contributed by atoms with Gasteiger partial charge in [0, 0.05) is 29.0 Å². The molecule has 0 saturated carbocycles. The highest BCUT2D eigenvalue weighted by molar-refractivity contribution is 6.04. The number of hydrogen-bond acceptors (Lipinski definition) is 3. The molecule has 1 heterocycles. The van der Waals surface area contributed by atoms with Crippen LogP contribution in [0.5, 0.6) is 0 Å². The third-order valence-electron chi connectivity index (χ3n) is 6.46. The summed E-state index contributed by atoms with van der Waals surface area (Å²) in [5, 5.41) is 14.3. The average molecular weight is 363 g/mol. The van der Waals surface area contributed by atoms with Crippen LogP contribution in [0.25, 0.3) is 11.3 Å². The van der Waals surface area contributed by atoms with E-state index in [9.17, 15) is 14.4 Å². The van der Waals surface area contributed by atoms with E-state index in [2.05, 4.69) is 13.0 Å². The highest BCUT2D eigenvalue weighted by Gasteiger charge is 2.55. The minimum atomic E-state index is -0.637. The van der Waals surface area contributed by atoms with Crippen LogP contribution in [-0.2, 0) is 23.7 Å². The Morgan fingerprint density at radius 3 is 2.67 bits per heavy atom. The SMILES string of the molecule is Cn1nc2c(c1-c1ccccc1F)CCC1C(C)(C)C(=O)C(C#N)=C[C@]21C. The number of benzene rings is 1. The van der Waals surface area contributed by atoms with Gasteiger partial charge in [0.25, 0.3) is 0 Å². The maximum absolute atomic E-state index is 14.5. The number of hydrogen-bond donors (Lipinski definition) is 0. The van der Waals surface area contributed by atoms with E-state index in [0.29, 0.717) is 5.56 Å². The Morgan fingerprint density at radius 1 is 1.30 bits per heavy atom. The molecule has 5 heteroatoms. The number of aryl methyl sites for hydroxylation is 1. The lowest BCUT2D eigenvalue weighted by Crippen LogP contribution is -2.51. The molecule has 1 aromatic heterocycles. The molecule has 0 amide bonds. The van der Waals surface area contributed by atoms with Gasteiger partial charge in [0.15, 0.2) is 5.78 Å². The maximum atomic E-state index is 14.5. The first kappa shape index (κ1) is 17.7. The highest BCUT2D eigenvalue weighted by atomic mass is 19.1. The number of nitrogens with zero attached hydrogens (tertiary/aromatic N) is 3. The molecule has 2 atom stereocenters. The predicted octanol–water partition coefficient (Wildman–Crippen LogP) is 4.11. The summed E-state index contributed by atoms with van der Waals surface area (Å²) in [5.74, 6) is -0.324. The fourth-order valence-corrected chi connectivity index (χ4v) is 5.21. The van der Waals surface area contributed by atoms with Gasteiger partial charge in [0.05, 0.1) is 17.0 Å². The van der Waals surface area contributed by atoms with E-state index in [1.54, 1.807) is 22.9 Å². The van der Waals surface area contributed by atoms with Crippen LogP contribution in [0.2, 0.25) is 0 Å². The zero-order valence-electron chi connectivity index (χ0n) is 16.0. The van der Waals surface area contributed by atoms with Gasteiger partial charge in [-0.2, -0.15) is 10.4 Å². The molecule has 1 unspecified atom stereocenters. The van der Waals surface area contributed by atoms with Crippen molar-refractivity contribution in [3.63, 3.8) is 0 Å². The Kier molecular flexibility index (Phi) is 3.68. The van der Waals surface area contributed by atoms with Crippen LogP contribution in [0.1, 0.15) is 38.4 Å². The smallest absolute Gasteiger partial charge is 0.178 e. The van der Waals surface area contributed by atoms with Gasteiger partial charge < -0.3 is 0 Å². The second-order valence-corrected chi connectivity index (χ2v) is 8.37. The van der Waals surface area contributed by atoms with E-state index in [0.717, 1.165) is 29.8 Å². The standard InChI is InChI=1S/C22H22FN3O/c1-21(2)17-10-9-15-18(14-7-5-6-8-16(14)23)26(4)25-19(15)22(17,3)11-13(12-24)20(21)27/h5-8,11,17H,9-10H2,1-4H3/t17?,22-/m0/s1. The van der Waals surface area contributed by atoms with Crippen molar-refractivity contribution in [2.24, 2.45) is 18.4 Å². The first-order chi connectivity index (χ1) is 12.7. The summed E-state index contributed by atoms with van der Waals surface area (Å²) in [6, 6.07) is 8.80. The fourth-order valence-electron chi connectivity index (χ4n) is 5.21. The maximum Gasteiger partial charge on any atom is 0.178 e. The molecule has 0 N–H and O–H groups in total. The zero-order chi connectivity index (χ0) is 19.6. The number of carbonyl (C=O) groups is 1. The highest BCUT2D eigenvalue weighted by Crippen LogP contribution is 2.55. The van der Waals surface area contributed by atoms with Gasteiger partial charge in [-0.15, -0.1) is 0 Å². The minimum Gasteiger partial charge on any atom is -0.293 e. The van der Waals surface area contributed by atoms with Crippen LogP contribution in [0.3, 0.4) is 0 Å². The number of fused-ring (bicyclic) bond motifs is 3. The van der Waals surface area contributed by atoms with Gasteiger partial charge in [0.2, 0.25) is 0 Å². The Hall–Kier alpha value is -2.74. The molecular weight excluding hydrogens is 341 g/mol. The normalized spacial score (nSPS) is 26.0. The number of rotatable bonds is 1. The first-order valence-corrected chi connectivity index (χ1v) is 9.20. The van der Waals surface area contributed by atoms with Crippen LogP contribution in [0, 0.1) is 28.5 Å². The average Bonchev–Trinajstić information content (AvgIpc) is 2.96. The molecule has 0 saturated heterocycles. The Balaban J connectivity index is 1.98. The lowest BCUT2D eigenvalue weighted by atomic mass is 9.52. The number of carbonyl (C=O) groups excluding carboxylic acids is 1. The number of nitriles is 1. The quantitative estimate of drug-likeness (QED) is 0.766.